The normalized spacial score (nSPS) is 20.1. The van der Waals surface area contributed by atoms with Gasteiger partial charge in [-0.3, -0.25) is 19.2 Å². The number of nitrogens with zero attached hydrogens (tertiary/aromatic N) is 5. The first-order valence-electron chi connectivity index (χ1n) is 29.7. The van der Waals surface area contributed by atoms with Crippen LogP contribution in [0.15, 0.2) is 48.5 Å². The quantitative estimate of drug-likeness (QED) is 0.0776. The average molecular weight is 1140 g/mol. The topological polar surface area (TPSA) is 240 Å². The first kappa shape index (κ1) is 61.7. The van der Waals surface area contributed by atoms with Gasteiger partial charge in [0.2, 0.25) is 0 Å². The third-order valence-electron chi connectivity index (χ3n) is 17.0. The number of hydrogen-bond donors (Lipinski definition) is 2. The molecule has 2 heterocycles. The second kappa shape index (κ2) is 28.8. The second-order valence-corrected chi connectivity index (χ2v) is 23.6. The lowest BCUT2D eigenvalue weighted by Crippen LogP contribution is -2.53. The van der Waals surface area contributed by atoms with Gasteiger partial charge >= 0.3 is 29.8 Å². The zero-order valence-electron chi connectivity index (χ0n) is 48.7. The predicted octanol–water partition coefficient (Wildman–Crippen LogP) is 4.58. The largest absolute Gasteiger partial charge is 0.479 e. The number of likely N-dealkylation sites (N-methyl/N-ethyl adjacent to an activating group) is 4. The number of nitrogens with one attached hydrogen (secondary N) is 1. The maximum atomic E-state index is 14.8. The highest BCUT2D eigenvalue weighted by molar-refractivity contribution is 5.93. The smallest absolute Gasteiger partial charge is 0.344 e. The lowest BCUT2D eigenvalue weighted by atomic mass is 10.0. The van der Waals surface area contributed by atoms with Crippen molar-refractivity contribution in [2.45, 2.75) is 159 Å². The summed E-state index contributed by atoms with van der Waals surface area (Å²) in [7, 11) is 6.02. The van der Waals surface area contributed by atoms with Gasteiger partial charge in [0.25, 0.3) is 17.7 Å². The second-order valence-electron chi connectivity index (χ2n) is 23.6. The molecule has 4 saturated carbocycles. The molecular formula is C61H86N6O15. The first-order chi connectivity index (χ1) is 39.4. The Balaban J connectivity index is 0.969. The van der Waals surface area contributed by atoms with E-state index in [2.05, 4.69) is 15.1 Å². The maximum Gasteiger partial charge on any atom is 0.344 e. The molecule has 0 unspecified atom stereocenters. The maximum absolute atomic E-state index is 14.8. The fourth-order valence-electron chi connectivity index (χ4n) is 10.8. The molecule has 21 nitrogen and oxygen atoms in total. The Morgan fingerprint density at radius 3 is 1.33 bits per heavy atom. The predicted molar refractivity (Wildman–Crippen MR) is 301 cm³/mol. The summed E-state index contributed by atoms with van der Waals surface area (Å²) >= 11 is 0. The first-order valence-corrected chi connectivity index (χ1v) is 29.7. The number of morpholine rings is 2. The van der Waals surface area contributed by atoms with E-state index in [1.54, 1.807) is 7.05 Å². The summed E-state index contributed by atoms with van der Waals surface area (Å²) in [5.74, 6) is -5.76. The summed E-state index contributed by atoms with van der Waals surface area (Å²) in [6, 6.07) is 11.5. The van der Waals surface area contributed by atoms with Crippen molar-refractivity contribution >= 4 is 58.9 Å². The van der Waals surface area contributed by atoms with Crippen molar-refractivity contribution in [2.24, 2.45) is 23.7 Å². The number of benzene rings is 2. The van der Waals surface area contributed by atoms with E-state index in [0.29, 0.717) is 45.2 Å². The number of esters is 4. The molecule has 0 spiro atoms. The number of carbonyl (C=O) groups is 8. The molecule has 0 bridgehead atoms. The number of carboxylic acids is 1. The molecule has 82 heavy (non-hydrogen) atoms. The molecule has 6 aliphatic rings. The minimum absolute atomic E-state index is 0.0107. The number of anilines is 2. The van der Waals surface area contributed by atoms with Gasteiger partial charge in [-0.25, -0.2) is 19.2 Å². The highest BCUT2D eigenvalue weighted by atomic mass is 16.6. The van der Waals surface area contributed by atoms with Gasteiger partial charge in [-0.2, -0.15) is 0 Å². The van der Waals surface area contributed by atoms with Crippen LogP contribution in [0.2, 0.25) is 0 Å². The number of carboxylic acid groups (broad SMARTS) is 1. The minimum Gasteiger partial charge on any atom is -0.479 e. The van der Waals surface area contributed by atoms with Crippen LogP contribution in [0.25, 0.3) is 0 Å². The van der Waals surface area contributed by atoms with E-state index in [0.717, 1.165) is 100 Å². The Hall–Kier alpha value is -6.32. The Bertz CT molecular complexity index is 2520. The zero-order chi connectivity index (χ0) is 58.6. The van der Waals surface area contributed by atoms with Crippen LogP contribution in [0.3, 0.4) is 0 Å². The third-order valence-corrected chi connectivity index (χ3v) is 17.0. The molecule has 3 amide bonds. The van der Waals surface area contributed by atoms with Gasteiger partial charge in [-0.05, 0) is 118 Å². The van der Waals surface area contributed by atoms with Gasteiger partial charge in [-0.15, -0.1) is 0 Å². The standard InChI is InChI=1S/C61H86N6O15/c1-38(79-59(74)49(34-42-9-10-42)65(6)56(70)53(82-58(73)48(62-3)33-41-7-8-41)37-45-17-22-47(23-18-45)67-27-31-78-32-28-67)54(68)63(4)51(36-44-13-14-44)61(76)81-52(24-19-40-15-20-46(21-16-40)66-25-29-77-30-26-66)55(69)64(5)50(35-43-11-12-43)60(75)80-39(2)57(71)72/h15-18,20-23,38-39,41-44,48-53,62H,7-14,19,24-37H2,1-6H3,(H,71,72)/t38-,39-,48+,49+,50+,51+,52-,53-/m1/s1. The monoisotopic (exact) mass is 1140 g/mol. The van der Waals surface area contributed by atoms with Crippen molar-refractivity contribution in [2.75, 3.05) is 90.6 Å². The summed E-state index contributed by atoms with van der Waals surface area (Å²) < 4.78 is 34.6. The summed E-state index contributed by atoms with van der Waals surface area (Å²) in [6.07, 6.45) is 2.98. The van der Waals surface area contributed by atoms with E-state index < -0.39 is 96.2 Å². The molecule has 0 radical (unpaired) electrons. The van der Waals surface area contributed by atoms with Crippen LogP contribution in [0.5, 0.6) is 0 Å². The van der Waals surface area contributed by atoms with Crippen LogP contribution < -0.4 is 15.1 Å². The molecule has 4 aliphatic carbocycles. The molecule has 2 aromatic carbocycles. The number of rotatable bonds is 31. The molecule has 2 N–H and O–H groups in total. The highest BCUT2D eigenvalue weighted by Gasteiger charge is 2.44. The van der Waals surface area contributed by atoms with E-state index >= 15 is 0 Å². The van der Waals surface area contributed by atoms with Crippen LogP contribution in [-0.4, -0.2) is 197 Å². The van der Waals surface area contributed by atoms with Crippen LogP contribution in [-0.2, 0) is 79.6 Å². The van der Waals surface area contributed by atoms with Crippen LogP contribution in [0, 0.1) is 23.7 Å². The fraction of sp³-hybridized carbons (Fsp3) is 0.672. The Morgan fingerprint density at radius 2 is 0.902 bits per heavy atom. The van der Waals surface area contributed by atoms with Crippen molar-refractivity contribution in [3.63, 3.8) is 0 Å². The van der Waals surface area contributed by atoms with Crippen LogP contribution in [0.4, 0.5) is 11.4 Å². The van der Waals surface area contributed by atoms with E-state index in [1.165, 1.54) is 49.7 Å². The molecule has 450 valence electrons. The fourth-order valence-corrected chi connectivity index (χ4v) is 10.8. The Kier molecular flexibility index (Phi) is 21.7. The lowest BCUT2D eigenvalue weighted by Gasteiger charge is -2.33. The van der Waals surface area contributed by atoms with Gasteiger partial charge in [0, 0.05) is 65.1 Å². The molecule has 2 saturated heterocycles. The molecule has 2 aliphatic heterocycles. The average Bonchev–Trinajstić information content (AvgIpc) is 4.31. The van der Waals surface area contributed by atoms with Gasteiger partial charge in [0.05, 0.1) is 26.4 Å². The lowest BCUT2D eigenvalue weighted by molar-refractivity contribution is -0.174. The van der Waals surface area contributed by atoms with Crippen molar-refractivity contribution in [3.05, 3.63) is 59.7 Å². The van der Waals surface area contributed by atoms with Gasteiger partial charge in [0.15, 0.2) is 24.4 Å². The van der Waals surface area contributed by atoms with E-state index in [4.69, 9.17) is 28.4 Å². The summed E-state index contributed by atoms with van der Waals surface area (Å²) in [6.45, 7) is 8.12. The number of aliphatic carboxylic acids is 1. The van der Waals surface area contributed by atoms with Crippen LogP contribution >= 0.6 is 0 Å². The van der Waals surface area contributed by atoms with Crippen LogP contribution in [0.1, 0.15) is 108 Å². The van der Waals surface area contributed by atoms with E-state index in [1.807, 2.05) is 48.5 Å². The number of carbonyl (C=O) groups excluding carboxylic acids is 7. The minimum atomic E-state index is -1.46. The molecule has 0 aromatic heterocycles. The zero-order valence-corrected chi connectivity index (χ0v) is 48.7. The van der Waals surface area contributed by atoms with Crippen molar-refractivity contribution in [3.8, 4) is 0 Å². The molecule has 6 fully saturated rings. The van der Waals surface area contributed by atoms with Gasteiger partial charge < -0.3 is 63.3 Å². The van der Waals surface area contributed by atoms with E-state index in [9.17, 15) is 43.5 Å². The van der Waals surface area contributed by atoms with Gasteiger partial charge in [-0.1, -0.05) is 75.6 Å². The molecule has 8 atom stereocenters. The summed E-state index contributed by atoms with van der Waals surface area (Å²) in [5.41, 5.74) is 3.64. The number of amides is 3. The highest BCUT2D eigenvalue weighted by Crippen LogP contribution is 2.38. The molecule has 2 aromatic rings. The Labute approximate surface area is 481 Å². The Morgan fingerprint density at radius 1 is 0.524 bits per heavy atom. The molecule has 8 rings (SSSR count). The summed E-state index contributed by atoms with van der Waals surface area (Å²) in [5, 5.41) is 12.6. The van der Waals surface area contributed by atoms with Gasteiger partial charge in [0.1, 0.15) is 24.2 Å². The van der Waals surface area contributed by atoms with E-state index in [-0.39, 0.29) is 49.9 Å². The number of aryl methyl sites for hydroxylation is 1. The molecule has 21 heteroatoms. The number of ether oxygens (including phenoxy) is 6. The SMILES string of the molecule is CN[C@@H](CC1CC1)C(=O)O[C@H](Cc1ccc(N2CCOCC2)cc1)C(=O)N(C)[C@@H](CC1CC1)C(=O)O[C@H](C)C(=O)N(C)[C@@H](CC1CC1)C(=O)O[C@H](CCc1ccc(N2CCOCC2)cc1)C(=O)N(C)[C@@H](CC1CC1)C(=O)O[C@H](C)C(=O)O. The van der Waals surface area contributed by atoms with Crippen molar-refractivity contribution in [1.82, 2.24) is 20.0 Å². The number of hydrogen-bond acceptors (Lipinski definition) is 17. The third kappa shape index (κ3) is 17.6. The molecular weight excluding hydrogens is 1060 g/mol. The van der Waals surface area contributed by atoms with Crippen molar-refractivity contribution < 1.29 is 71.9 Å². The summed E-state index contributed by atoms with van der Waals surface area (Å²) in [4.78, 5) is 120. The van der Waals surface area contributed by atoms with Crippen molar-refractivity contribution in [1.29, 1.82) is 0 Å².